The maximum Gasteiger partial charge on any atom is 0.640 e. The molecule has 6 nitrogen and oxygen atoms in total. The van der Waals surface area contributed by atoms with Crippen LogP contribution in [-0.4, -0.2) is 37.6 Å². The van der Waals surface area contributed by atoms with Gasteiger partial charge in [-0.1, -0.05) is 0 Å². The second-order valence-corrected chi connectivity index (χ2v) is 2.70. The Balaban J connectivity index is 2.18. The van der Waals surface area contributed by atoms with Crippen LogP contribution < -0.4 is 0 Å². The highest BCUT2D eigenvalue weighted by Crippen LogP contribution is 2.24. The highest BCUT2D eigenvalue weighted by molar-refractivity contribution is 6.37. The van der Waals surface area contributed by atoms with Crippen LogP contribution in [0.3, 0.4) is 0 Å². The maximum atomic E-state index is 10.5. The first kappa shape index (κ1) is 7.02. The molecule has 0 radical (unpaired) electrons. The van der Waals surface area contributed by atoms with Crippen LogP contribution in [0.4, 0.5) is 0 Å². The molecule has 11 heavy (non-hydrogen) atoms. The fourth-order valence-corrected chi connectivity index (χ4v) is 1.10. The van der Waals surface area contributed by atoms with Crippen LogP contribution >= 0.6 is 0 Å². The molecule has 0 saturated carbocycles. The van der Waals surface area contributed by atoms with E-state index in [2.05, 4.69) is 0 Å². The molecule has 0 aromatic carbocycles. The van der Waals surface area contributed by atoms with Crippen LogP contribution in [0.1, 0.15) is 0 Å². The van der Waals surface area contributed by atoms with Gasteiger partial charge in [-0.25, -0.2) is 0 Å². The molecule has 0 aliphatic carbocycles. The third kappa shape index (κ3) is 0.925. The molecule has 3 saturated heterocycles. The average molecular weight is 159 g/mol. The molecule has 60 valence electrons. The van der Waals surface area contributed by atoms with Gasteiger partial charge in [0.15, 0.2) is 0 Å². The van der Waals surface area contributed by atoms with Crippen LogP contribution in [0.25, 0.3) is 0 Å². The lowest BCUT2D eigenvalue weighted by molar-refractivity contribution is -0.589. The van der Waals surface area contributed by atoms with E-state index < -0.39 is 17.8 Å². The van der Waals surface area contributed by atoms with E-state index in [1.165, 1.54) is 0 Å². The standard InChI is InChI=1S/C4H6BNO5/c7-6(8)4-1-9-5(10-2-4)11-3-4/h1-3H2. The number of hydrogen-bond donors (Lipinski definition) is 0. The summed E-state index contributed by atoms with van der Waals surface area (Å²) in [4.78, 5) is 10.1. The van der Waals surface area contributed by atoms with E-state index in [4.69, 9.17) is 14.0 Å². The summed E-state index contributed by atoms with van der Waals surface area (Å²) in [6.07, 6.45) is 0. The van der Waals surface area contributed by atoms with E-state index in [-0.39, 0.29) is 19.8 Å². The van der Waals surface area contributed by atoms with Crippen LogP contribution in [-0.2, 0) is 14.0 Å². The van der Waals surface area contributed by atoms with Gasteiger partial charge in [0.2, 0.25) is 0 Å². The minimum absolute atomic E-state index is 0.0880. The van der Waals surface area contributed by atoms with Gasteiger partial charge >= 0.3 is 7.32 Å². The summed E-state index contributed by atoms with van der Waals surface area (Å²) in [6, 6.07) is 0. The van der Waals surface area contributed by atoms with Crippen molar-refractivity contribution in [3.05, 3.63) is 10.1 Å². The maximum absolute atomic E-state index is 10.5. The van der Waals surface area contributed by atoms with E-state index in [1.807, 2.05) is 0 Å². The second-order valence-electron chi connectivity index (χ2n) is 2.70. The molecule has 0 unspecified atom stereocenters. The average Bonchev–Trinajstić information content (AvgIpc) is 2.08. The lowest BCUT2D eigenvalue weighted by Crippen LogP contribution is -2.63. The zero-order chi connectivity index (χ0) is 7.90. The van der Waals surface area contributed by atoms with Gasteiger partial charge in [0, 0.05) is 4.92 Å². The fourth-order valence-electron chi connectivity index (χ4n) is 1.10. The van der Waals surface area contributed by atoms with Gasteiger partial charge in [0.25, 0.3) is 5.54 Å². The molecule has 0 aromatic heterocycles. The minimum Gasteiger partial charge on any atom is -0.378 e. The van der Waals surface area contributed by atoms with Crippen molar-refractivity contribution in [1.82, 2.24) is 0 Å². The lowest BCUT2D eigenvalue weighted by Gasteiger charge is -2.36. The molecular weight excluding hydrogens is 153 g/mol. The van der Waals surface area contributed by atoms with Gasteiger partial charge < -0.3 is 14.0 Å². The van der Waals surface area contributed by atoms with Gasteiger partial charge in [0.05, 0.1) is 0 Å². The van der Waals surface area contributed by atoms with Gasteiger partial charge in [-0.15, -0.1) is 0 Å². The molecule has 0 spiro atoms. The quantitative estimate of drug-likeness (QED) is 0.280. The molecule has 0 atom stereocenters. The highest BCUT2D eigenvalue weighted by atomic mass is 16.8. The van der Waals surface area contributed by atoms with Crippen molar-refractivity contribution in [2.24, 2.45) is 0 Å². The predicted molar refractivity (Wildman–Crippen MR) is 33.3 cm³/mol. The molecule has 0 amide bonds. The third-order valence-electron chi connectivity index (χ3n) is 1.85. The van der Waals surface area contributed by atoms with Crippen molar-refractivity contribution in [3.8, 4) is 0 Å². The number of nitro groups is 1. The first-order valence-electron chi connectivity index (χ1n) is 3.22. The van der Waals surface area contributed by atoms with Crippen molar-refractivity contribution in [2.75, 3.05) is 19.8 Å². The van der Waals surface area contributed by atoms with Gasteiger partial charge in [-0.3, -0.25) is 10.1 Å². The van der Waals surface area contributed by atoms with E-state index in [1.54, 1.807) is 0 Å². The fraction of sp³-hybridized carbons (Fsp3) is 1.00. The molecule has 3 fully saturated rings. The SMILES string of the molecule is O=[N+]([O-])C12COB(OC1)OC2. The summed E-state index contributed by atoms with van der Waals surface area (Å²) in [5.41, 5.74) is -1.16. The Morgan fingerprint density at radius 3 is 2.00 bits per heavy atom. The first-order chi connectivity index (χ1) is 5.23. The second kappa shape index (κ2) is 2.16. The molecule has 0 aromatic rings. The Morgan fingerprint density at radius 2 is 1.73 bits per heavy atom. The summed E-state index contributed by atoms with van der Waals surface area (Å²) < 4.78 is 14.6. The number of rotatable bonds is 1. The number of hydrogen-bond acceptors (Lipinski definition) is 5. The van der Waals surface area contributed by atoms with E-state index in [9.17, 15) is 10.1 Å². The van der Waals surface area contributed by atoms with E-state index >= 15 is 0 Å². The molecule has 2 bridgehead atoms. The molecular formula is C4H6BNO5. The van der Waals surface area contributed by atoms with Crippen molar-refractivity contribution < 1.29 is 18.9 Å². The zero-order valence-electron chi connectivity index (χ0n) is 5.69. The monoisotopic (exact) mass is 159 g/mol. The van der Waals surface area contributed by atoms with Gasteiger partial charge in [-0.2, -0.15) is 0 Å². The predicted octanol–water partition coefficient (Wildman–Crippen LogP) is -0.936. The van der Waals surface area contributed by atoms with Crippen LogP contribution in [0.5, 0.6) is 0 Å². The summed E-state index contributed by atoms with van der Waals surface area (Å²) >= 11 is 0. The minimum atomic E-state index is -1.16. The van der Waals surface area contributed by atoms with Crippen LogP contribution in [0.2, 0.25) is 0 Å². The molecule has 3 aliphatic rings. The molecule has 3 heterocycles. The lowest BCUT2D eigenvalue weighted by atomic mass is 9.95. The third-order valence-corrected chi connectivity index (χ3v) is 1.85. The van der Waals surface area contributed by atoms with Crippen molar-refractivity contribution >= 4 is 7.32 Å². The van der Waals surface area contributed by atoms with Crippen LogP contribution in [0, 0.1) is 10.1 Å². The van der Waals surface area contributed by atoms with Crippen LogP contribution in [0.15, 0.2) is 0 Å². The molecule has 3 rings (SSSR count). The summed E-state index contributed by atoms with van der Waals surface area (Å²) in [6.45, 7) is 0.264. The zero-order valence-corrected chi connectivity index (χ0v) is 5.69. The van der Waals surface area contributed by atoms with E-state index in [0.717, 1.165) is 0 Å². The topological polar surface area (TPSA) is 70.8 Å². The van der Waals surface area contributed by atoms with Crippen molar-refractivity contribution in [3.63, 3.8) is 0 Å². The Bertz CT molecular complexity index is 175. The van der Waals surface area contributed by atoms with Gasteiger partial charge in [-0.05, 0) is 0 Å². The van der Waals surface area contributed by atoms with Crippen molar-refractivity contribution in [1.29, 1.82) is 0 Å². The van der Waals surface area contributed by atoms with E-state index in [0.29, 0.717) is 0 Å². The largest absolute Gasteiger partial charge is 0.640 e. The highest BCUT2D eigenvalue weighted by Gasteiger charge is 2.56. The van der Waals surface area contributed by atoms with Gasteiger partial charge in [0.1, 0.15) is 19.8 Å². The summed E-state index contributed by atoms with van der Waals surface area (Å²) in [5.74, 6) is 0. The Morgan fingerprint density at radius 1 is 1.27 bits per heavy atom. The summed E-state index contributed by atoms with van der Waals surface area (Å²) in [7, 11) is -0.683. The number of nitrogens with zero attached hydrogens (tertiary/aromatic N) is 1. The Hall–Kier alpha value is -0.655. The molecule has 7 heteroatoms. The number of fused-ring (bicyclic) bond motifs is 3. The normalized spacial score (nSPS) is 27.1. The molecule has 3 aliphatic heterocycles. The smallest absolute Gasteiger partial charge is 0.378 e. The summed E-state index contributed by atoms with van der Waals surface area (Å²) in [5, 5.41) is 10.5. The Kier molecular flexibility index (Phi) is 1.38. The van der Waals surface area contributed by atoms with Crippen molar-refractivity contribution in [2.45, 2.75) is 5.54 Å². The molecule has 0 N–H and O–H groups in total. The Labute approximate surface area is 62.7 Å². The first-order valence-corrected chi connectivity index (χ1v) is 3.22.